The minimum atomic E-state index is -0.216. The Kier molecular flexibility index (Phi) is 4.35. The van der Waals surface area contributed by atoms with Gasteiger partial charge >= 0.3 is 0 Å². The molecule has 1 N–H and O–H groups in total. The summed E-state index contributed by atoms with van der Waals surface area (Å²) in [5, 5.41) is 3.32. The lowest BCUT2D eigenvalue weighted by atomic mass is 10.2. The normalized spacial score (nSPS) is 28.6. The fourth-order valence-electron chi connectivity index (χ4n) is 2.74. The molecule has 2 saturated heterocycles. The molecule has 2 heterocycles. The first kappa shape index (κ1) is 13.5. The fraction of sp³-hybridized carbons (Fsp3) is 0.846. The summed E-state index contributed by atoms with van der Waals surface area (Å²) in [6.07, 6.45) is 2.23. The quantitative estimate of drug-likeness (QED) is 0.731. The molecule has 0 aromatic rings. The lowest BCUT2D eigenvalue weighted by Gasteiger charge is -2.26. The molecule has 0 radical (unpaired) electrons. The fourth-order valence-corrected chi connectivity index (χ4v) is 2.74. The topological polar surface area (TPSA) is 52.7 Å². The minimum absolute atomic E-state index is 0.00319. The van der Waals surface area contributed by atoms with E-state index in [4.69, 9.17) is 0 Å². The maximum Gasteiger partial charge on any atom is 0.247 e. The second-order valence-electron chi connectivity index (χ2n) is 5.22. The Labute approximate surface area is 108 Å². The lowest BCUT2D eigenvalue weighted by molar-refractivity contribution is -0.142. The van der Waals surface area contributed by atoms with Gasteiger partial charge in [-0.05, 0) is 26.3 Å². The highest BCUT2D eigenvalue weighted by molar-refractivity contribution is 6.05. The van der Waals surface area contributed by atoms with E-state index in [1.807, 2.05) is 13.8 Å². The van der Waals surface area contributed by atoms with E-state index in [1.54, 1.807) is 0 Å². The molecule has 0 aromatic heterocycles. The van der Waals surface area contributed by atoms with Gasteiger partial charge in [-0.25, -0.2) is 0 Å². The van der Waals surface area contributed by atoms with Crippen LogP contribution in [0.25, 0.3) is 0 Å². The molecule has 0 bridgehead atoms. The number of likely N-dealkylation sites (tertiary alicyclic amines) is 1. The highest BCUT2D eigenvalue weighted by atomic mass is 16.2. The van der Waals surface area contributed by atoms with Gasteiger partial charge in [-0.1, -0.05) is 6.92 Å². The molecule has 102 valence electrons. The van der Waals surface area contributed by atoms with Gasteiger partial charge in [-0.2, -0.15) is 0 Å². The molecule has 2 aliphatic rings. The molecule has 0 aromatic carbocycles. The zero-order valence-electron chi connectivity index (χ0n) is 11.3. The molecule has 2 unspecified atom stereocenters. The van der Waals surface area contributed by atoms with Crippen LogP contribution in [0.1, 0.15) is 33.1 Å². The summed E-state index contributed by atoms with van der Waals surface area (Å²) in [6, 6.07) is -0.188. The van der Waals surface area contributed by atoms with E-state index >= 15 is 0 Å². The van der Waals surface area contributed by atoms with Crippen molar-refractivity contribution >= 4 is 11.8 Å². The first-order valence-electron chi connectivity index (χ1n) is 6.95. The van der Waals surface area contributed by atoms with E-state index in [-0.39, 0.29) is 23.9 Å². The molecule has 2 atom stereocenters. The number of imide groups is 1. The molecule has 2 rings (SSSR count). The van der Waals surface area contributed by atoms with Crippen molar-refractivity contribution < 1.29 is 9.59 Å². The van der Waals surface area contributed by atoms with Crippen LogP contribution in [0.15, 0.2) is 0 Å². The summed E-state index contributed by atoms with van der Waals surface area (Å²) in [4.78, 5) is 28.0. The van der Waals surface area contributed by atoms with Crippen molar-refractivity contribution in [2.45, 2.75) is 45.2 Å². The molecular weight excluding hydrogens is 230 g/mol. The minimum Gasteiger partial charge on any atom is -0.315 e. The molecule has 5 nitrogen and oxygen atoms in total. The highest BCUT2D eigenvalue weighted by Gasteiger charge is 2.43. The van der Waals surface area contributed by atoms with Gasteiger partial charge in [0.15, 0.2) is 0 Å². The van der Waals surface area contributed by atoms with Crippen LogP contribution in [0.2, 0.25) is 0 Å². The molecule has 2 aliphatic heterocycles. The van der Waals surface area contributed by atoms with Crippen molar-refractivity contribution in [2.75, 3.05) is 26.2 Å². The number of nitrogens with one attached hydrogen (secondary N) is 1. The average Bonchev–Trinajstić information content (AvgIpc) is 2.59. The molecule has 0 aliphatic carbocycles. The van der Waals surface area contributed by atoms with Crippen molar-refractivity contribution in [2.24, 2.45) is 0 Å². The van der Waals surface area contributed by atoms with Crippen LogP contribution >= 0.6 is 0 Å². The van der Waals surface area contributed by atoms with Crippen LogP contribution in [0, 0.1) is 0 Å². The predicted octanol–water partition coefficient (Wildman–Crippen LogP) is 0.208. The Hall–Kier alpha value is -0.940. The first-order chi connectivity index (χ1) is 8.65. The van der Waals surface area contributed by atoms with Gasteiger partial charge in [-0.3, -0.25) is 19.4 Å². The van der Waals surface area contributed by atoms with E-state index in [9.17, 15) is 9.59 Å². The van der Waals surface area contributed by atoms with Crippen molar-refractivity contribution in [3.8, 4) is 0 Å². The Bertz CT molecular complexity index is 324. The van der Waals surface area contributed by atoms with Crippen molar-refractivity contribution in [1.29, 1.82) is 0 Å². The maximum atomic E-state index is 12.4. The van der Waals surface area contributed by atoms with E-state index < -0.39 is 0 Å². The van der Waals surface area contributed by atoms with Gasteiger partial charge in [0.2, 0.25) is 11.8 Å². The molecule has 2 amide bonds. The van der Waals surface area contributed by atoms with Crippen LogP contribution in [0.3, 0.4) is 0 Å². The molecule has 2 fully saturated rings. The number of rotatable bonds is 3. The number of carbonyl (C=O) groups is 2. The van der Waals surface area contributed by atoms with E-state index in [2.05, 4.69) is 10.2 Å². The number of hydrogen-bond acceptors (Lipinski definition) is 4. The average molecular weight is 253 g/mol. The van der Waals surface area contributed by atoms with Gasteiger partial charge in [0.05, 0.1) is 12.5 Å². The van der Waals surface area contributed by atoms with Gasteiger partial charge in [0.25, 0.3) is 0 Å². The van der Waals surface area contributed by atoms with E-state index in [1.165, 1.54) is 4.90 Å². The molecule has 0 spiro atoms. The number of hydrogen-bond donors (Lipinski definition) is 1. The van der Waals surface area contributed by atoms with Crippen LogP contribution < -0.4 is 5.32 Å². The van der Waals surface area contributed by atoms with Gasteiger partial charge in [0.1, 0.15) is 0 Å². The number of nitrogens with zero attached hydrogens (tertiary/aromatic N) is 2. The van der Waals surface area contributed by atoms with Crippen molar-refractivity contribution in [1.82, 2.24) is 15.1 Å². The Morgan fingerprint density at radius 2 is 2.11 bits per heavy atom. The molecule has 0 saturated carbocycles. The monoisotopic (exact) mass is 253 g/mol. The van der Waals surface area contributed by atoms with Gasteiger partial charge < -0.3 is 5.32 Å². The third-order valence-electron chi connectivity index (χ3n) is 4.01. The summed E-state index contributed by atoms with van der Waals surface area (Å²) in [5.41, 5.74) is 0. The number of amides is 2. The Balaban J connectivity index is 2.06. The number of carbonyl (C=O) groups excluding carboxylic acids is 2. The largest absolute Gasteiger partial charge is 0.315 e. The highest BCUT2D eigenvalue weighted by Crippen LogP contribution is 2.22. The lowest BCUT2D eigenvalue weighted by Crippen LogP contribution is -2.45. The Morgan fingerprint density at radius 3 is 2.83 bits per heavy atom. The zero-order valence-corrected chi connectivity index (χ0v) is 11.3. The van der Waals surface area contributed by atoms with Crippen molar-refractivity contribution in [3.63, 3.8) is 0 Å². The maximum absolute atomic E-state index is 12.4. The van der Waals surface area contributed by atoms with E-state index in [0.29, 0.717) is 6.42 Å². The van der Waals surface area contributed by atoms with Gasteiger partial charge in [-0.15, -0.1) is 0 Å². The second-order valence-corrected chi connectivity index (χ2v) is 5.22. The summed E-state index contributed by atoms with van der Waals surface area (Å²) in [6.45, 7) is 7.63. The standard InChI is InChI=1S/C13H23N3O2/c1-3-10(2)16-12(17)9-11(13(16)18)15-7-4-5-14-6-8-15/h10-11,14H,3-9H2,1-2H3. The summed E-state index contributed by atoms with van der Waals surface area (Å²) in [7, 11) is 0. The van der Waals surface area contributed by atoms with Crippen LogP contribution in [0.5, 0.6) is 0 Å². The third-order valence-corrected chi connectivity index (χ3v) is 4.01. The zero-order chi connectivity index (χ0) is 13.1. The Morgan fingerprint density at radius 1 is 1.33 bits per heavy atom. The third kappa shape index (κ3) is 2.57. The predicted molar refractivity (Wildman–Crippen MR) is 69.1 cm³/mol. The van der Waals surface area contributed by atoms with E-state index in [0.717, 1.165) is 39.0 Å². The summed E-state index contributed by atoms with van der Waals surface area (Å²) < 4.78 is 0. The summed E-state index contributed by atoms with van der Waals surface area (Å²) >= 11 is 0. The molecular formula is C13H23N3O2. The van der Waals surface area contributed by atoms with Crippen LogP contribution in [-0.4, -0.2) is 59.9 Å². The second kappa shape index (κ2) is 5.80. The van der Waals surface area contributed by atoms with Gasteiger partial charge in [0, 0.05) is 25.7 Å². The smallest absolute Gasteiger partial charge is 0.247 e. The van der Waals surface area contributed by atoms with Crippen LogP contribution in [0.4, 0.5) is 0 Å². The first-order valence-corrected chi connectivity index (χ1v) is 6.95. The summed E-state index contributed by atoms with van der Waals surface area (Å²) in [5.74, 6) is 0.00723. The SMILES string of the molecule is CCC(C)N1C(=O)CC(N2CCCNCC2)C1=O. The molecule has 18 heavy (non-hydrogen) atoms. The van der Waals surface area contributed by atoms with Crippen molar-refractivity contribution in [3.05, 3.63) is 0 Å². The van der Waals surface area contributed by atoms with Crippen LogP contribution in [-0.2, 0) is 9.59 Å². The molecule has 5 heteroatoms.